The third-order valence-electron chi connectivity index (χ3n) is 6.19. The monoisotopic (exact) mass is 455 g/mol. The smallest absolute Gasteiger partial charge is 0.253 e. The van der Waals surface area contributed by atoms with E-state index in [-0.39, 0.29) is 17.6 Å². The largest absolute Gasteiger partial charge is 0.445 e. The van der Waals surface area contributed by atoms with Crippen LogP contribution >= 0.6 is 0 Å². The van der Waals surface area contributed by atoms with Crippen molar-refractivity contribution in [3.8, 4) is 0 Å². The molecule has 1 amide bonds. The summed E-state index contributed by atoms with van der Waals surface area (Å²) in [6, 6.07) is 20.3. The van der Waals surface area contributed by atoms with E-state index in [9.17, 15) is 9.18 Å². The number of piperidine rings is 1. The number of likely N-dealkylation sites (tertiary alicyclic amines) is 1. The van der Waals surface area contributed by atoms with Crippen LogP contribution in [0, 0.1) is 5.82 Å². The Morgan fingerprint density at radius 1 is 1.00 bits per heavy atom. The molecule has 1 aliphatic rings. The number of carbonyl (C=O) groups is 1. The highest BCUT2D eigenvalue weighted by molar-refractivity contribution is 5.94. The summed E-state index contributed by atoms with van der Waals surface area (Å²) in [4.78, 5) is 24.1. The molecule has 0 saturated carbocycles. The van der Waals surface area contributed by atoms with Crippen molar-refractivity contribution in [3.05, 3.63) is 119 Å². The third-order valence-corrected chi connectivity index (χ3v) is 6.19. The first-order valence-electron chi connectivity index (χ1n) is 11.6. The van der Waals surface area contributed by atoms with Crippen LogP contribution in [-0.2, 0) is 12.8 Å². The number of aromatic nitrogens is 2. The fourth-order valence-electron chi connectivity index (χ4n) is 4.50. The van der Waals surface area contributed by atoms with Gasteiger partial charge in [-0.25, -0.2) is 9.37 Å². The van der Waals surface area contributed by atoms with Gasteiger partial charge in [-0.3, -0.25) is 9.78 Å². The molecule has 1 aliphatic heterocycles. The van der Waals surface area contributed by atoms with E-state index < -0.39 is 0 Å². The Hall–Kier alpha value is -3.80. The molecule has 0 unspecified atom stereocenters. The molecule has 1 atom stereocenters. The molecule has 172 valence electrons. The van der Waals surface area contributed by atoms with Crippen molar-refractivity contribution in [1.82, 2.24) is 14.9 Å². The van der Waals surface area contributed by atoms with Gasteiger partial charge < -0.3 is 9.32 Å². The van der Waals surface area contributed by atoms with Crippen LogP contribution in [0.5, 0.6) is 0 Å². The first-order chi connectivity index (χ1) is 16.6. The first-order valence-corrected chi connectivity index (χ1v) is 11.6. The van der Waals surface area contributed by atoms with E-state index in [1.807, 2.05) is 35.2 Å². The van der Waals surface area contributed by atoms with E-state index in [2.05, 4.69) is 22.1 Å². The zero-order valence-electron chi connectivity index (χ0n) is 18.9. The van der Waals surface area contributed by atoms with Gasteiger partial charge in [-0.15, -0.1) is 0 Å². The van der Waals surface area contributed by atoms with E-state index >= 15 is 0 Å². The lowest BCUT2D eigenvalue weighted by atomic mass is 9.97. The van der Waals surface area contributed by atoms with Gasteiger partial charge in [-0.1, -0.05) is 42.5 Å². The second-order valence-corrected chi connectivity index (χ2v) is 8.76. The van der Waals surface area contributed by atoms with E-state index in [0.29, 0.717) is 43.1 Å². The van der Waals surface area contributed by atoms with Gasteiger partial charge in [0.05, 0.1) is 12.1 Å². The number of oxazole rings is 1. The minimum Gasteiger partial charge on any atom is -0.445 e. The van der Waals surface area contributed by atoms with Gasteiger partial charge in [0.1, 0.15) is 11.6 Å². The van der Waals surface area contributed by atoms with Gasteiger partial charge in [-0.05, 0) is 48.2 Å². The Morgan fingerprint density at radius 3 is 2.71 bits per heavy atom. The van der Waals surface area contributed by atoms with Crippen molar-refractivity contribution in [3.63, 3.8) is 0 Å². The first kappa shape index (κ1) is 22.0. The Labute approximate surface area is 198 Å². The highest BCUT2D eigenvalue weighted by Gasteiger charge is 2.28. The van der Waals surface area contributed by atoms with E-state index in [1.54, 1.807) is 24.5 Å². The minimum absolute atomic E-state index is 0.00736. The topological polar surface area (TPSA) is 59.2 Å². The van der Waals surface area contributed by atoms with Crippen molar-refractivity contribution in [2.45, 2.75) is 31.6 Å². The minimum atomic E-state index is -0.262. The van der Waals surface area contributed by atoms with Gasteiger partial charge in [-0.2, -0.15) is 0 Å². The van der Waals surface area contributed by atoms with Gasteiger partial charge >= 0.3 is 0 Å². The Bertz CT molecular complexity index is 1270. The summed E-state index contributed by atoms with van der Waals surface area (Å²) in [5.41, 5.74) is 3.53. The second-order valence-electron chi connectivity index (χ2n) is 8.76. The summed E-state index contributed by atoms with van der Waals surface area (Å²) in [6.45, 7) is 1.28. The fourth-order valence-corrected chi connectivity index (χ4v) is 4.50. The third kappa shape index (κ3) is 5.22. The summed E-state index contributed by atoms with van der Waals surface area (Å²) in [6.07, 6.45) is 6.40. The summed E-state index contributed by atoms with van der Waals surface area (Å²) in [7, 11) is 0. The molecular weight excluding hydrogens is 429 g/mol. The van der Waals surface area contributed by atoms with E-state index in [4.69, 9.17) is 4.42 Å². The number of rotatable bonds is 6. The lowest BCUT2D eigenvalue weighted by Gasteiger charge is -2.31. The predicted molar refractivity (Wildman–Crippen MR) is 127 cm³/mol. The Kier molecular flexibility index (Phi) is 6.47. The normalized spacial score (nSPS) is 15.9. The lowest BCUT2D eigenvalue weighted by Crippen LogP contribution is -2.39. The number of hydrogen-bond acceptors (Lipinski definition) is 4. The van der Waals surface area contributed by atoms with Crippen LogP contribution in [0.3, 0.4) is 0 Å². The average Bonchev–Trinajstić information content (AvgIpc) is 3.33. The molecule has 0 aliphatic carbocycles. The van der Waals surface area contributed by atoms with Crippen LogP contribution in [0.4, 0.5) is 4.39 Å². The van der Waals surface area contributed by atoms with Crippen molar-refractivity contribution < 1.29 is 13.6 Å². The molecule has 1 fully saturated rings. The average molecular weight is 456 g/mol. The van der Waals surface area contributed by atoms with Crippen LogP contribution in [0.25, 0.3) is 0 Å². The molecular formula is C28H26FN3O2. The molecule has 2 aromatic carbocycles. The van der Waals surface area contributed by atoms with Gasteiger partial charge in [0.2, 0.25) is 0 Å². The molecule has 0 N–H and O–H groups in total. The molecule has 3 heterocycles. The van der Waals surface area contributed by atoms with Crippen LogP contribution in [0.15, 0.2) is 83.5 Å². The molecule has 0 spiro atoms. The van der Waals surface area contributed by atoms with Crippen LogP contribution < -0.4 is 0 Å². The standard InChI is InChI=1S/C28H26FN3O2/c29-24-10-4-8-21(14-24)16-26-18-31-27(34-26)23-9-5-13-32(19-23)28(33)22-11-12-30-25(17-22)15-20-6-2-1-3-7-20/h1-4,6-8,10-12,14,17-18,23H,5,9,13,15-16,19H2/t23-/m1/s1. The molecule has 2 aromatic heterocycles. The Balaban J connectivity index is 1.25. The van der Waals surface area contributed by atoms with Crippen molar-refractivity contribution >= 4 is 5.91 Å². The second kappa shape index (κ2) is 10.00. The van der Waals surface area contributed by atoms with Crippen molar-refractivity contribution in [1.29, 1.82) is 0 Å². The van der Waals surface area contributed by atoms with Crippen LogP contribution in [0.2, 0.25) is 0 Å². The number of benzene rings is 2. The maximum Gasteiger partial charge on any atom is 0.253 e. The zero-order valence-corrected chi connectivity index (χ0v) is 18.9. The fraction of sp³-hybridized carbons (Fsp3) is 0.250. The molecule has 5 nitrogen and oxygen atoms in total. The molecule has 1 saturated heterocycles. The molecule has 0 radical (unpaired) electrons. The van der Waals surface area contributed by atoms with Gasteiger partial charge in [0, 0.05) is 43.4 Å². The molecule has 34 heavy (non-hydrogen) atoms. The predicted octanol–water partition coefficient (Wildman–Crippen LogP) is 5.41. The molecule has 5 rings (SSSR count). The van der Waals surface area contributed by atoms with Crippen LogP contribution in [-0.4, -0.2) is 33.9 Å². The van der Waals surface area contributed by atoms with Gasteiger partial charge in [0.25, 0.3) is 5.91 Å². The maximum atomic E-state index is 13.5. The highest BCUT2D eigenvalue weighted by atomic mass is 19.1. The number of nitrogens with zero attached hydrogens (tertiary/aromatic N) is 3. The summed E-state index contributed by atoms with van der Waals surface area (Å²) in [5, 5.41) is 0. The molecule has 0 bridgehead atoms. The SMILES string of the molecule is O=C(c1ccnc(Cc2ccccc2)c1)N1CCC[C@@H](c2ncc(Cc3cccc(F)c3)o2)C1. The van der Waals surface area contributed by atoms with Crippen molar-refractivity contribution in [2.24, 2.45) is 0 Å². The number of hydrogen-bond donors (Lipinski definition) is 0. The highest BCUT2D eigenvalue weighted by Crippen LogP contribution is 2.28. The number of pyridine rings is 1. The molecule has 6 heteroatoms. The van der Waals surface area contributed by atoms with Gasteiger partial charge in [0.15, 0.2) is 5.89 Å². The maximum absolute atomic E-state index is 13.5. The summed E-state index contributed by atoms with van der Waals surface area (Å²) >= 11 is 0. The van der Waals surface area contributed by atoms with E-state index in [1.165, 1.54) is 12.1 Å². The van der Waals surface area contributed by atoms with Crippen molar-refractivity contribution in [2.75, 3.05) is 13.1 Å². The number of amides is 1. The quantitative estimate of drug-likeness (QED) is 0.390. The zero-order chi connectivity index (χ0) is 23.3. The van der Waals surface area contributed by atoms with Crippen LogP contribution in [0.1, 0.15) is 57.6 Å². The lowest BCUT2D eigenvalue weighted by molar-refractivity contribution is 0.0697. The summed E-state index contributed by atoms with van der Waals surface area (Å²) in [5.74, 6) is 1.13. The number of halogens is 1. The Morgan fingerprint density at radius 2 is 1.85 bits per heavy atom. The number of carbonyl (C=O) groups excluding carboxylic acids is 1. The van der Waals surface area contributed by atoms with E-state index in [0.717, 1.165) is 29.7 Å². The molecule has 4 aromatic rings. The summed E-state index contributed by atoms with van der Waals surface area (Å²) < 4.78 is 19.5.